The molecule has 0 aliphatic heterocycles. The van der Waals surface area contributed by atoms with E-state index in [1.807, 2.05) is 12.1 Å². The molecule has 2 aromatic heterocycles. The van der Waals surface area contributed by atoms with Crippen molar-refractivity contribution < 1.29 is 0 Å². The summed E-state index contributed by atoms with van der Waals surface area (Å²) in [4.78, 5) is 17.2. The number of H-pyrrole nitrogens is 1. The third-order valence-electron chi connectivity index (χ3n) is 1.19. The molecule has 0 radical (unpaired) electrons. The first kappa shape index (κ1) is 5.61. The molecule has 10 heavy (non-hydrogen) atoms. The van der Waals surface area contributed by atoms with Crippen LogP contribution in [0.4, 0.5) is 0 Å². The predicted octanol–water partition coefficient (Wildman–Crippen LogP) is 0.985. The highest BCUT2D eigenvalue weighted by Gasteiger charge is 1.95. The SMILES string of the molecule is O=c1[nH]c2ncccc2s1. The molecule has 0 bridgehead atoms. The zero-order valence-electron chi connectivity index (χ0n) is 5.00. The van der Waals surface area contributed by atoms with E-state index < -0.39 is 0 Å². The molecule has 0 spiro atoms. The fraction of sp³-hybridized carbons (Fsp3) is 0. The number of hydrogen-bond acceptors (Lipinski definition) is 3. The van der Waals surface area contributed by atoms with Crippen LogP contribution in [0.1, 0.15) is 0 Å². The van der Waals surface area contributed by atoms with Crippen LogP contribution in [-0.2, 0) is 0 Å². The fourth-order valence-electron chi connectivity index (χ4n) is 0.789. The second-order valence-electron chi connectivity index (χ2n) is 1.86. The van der Waals surface area contributed by atoms with Gasteiger partial charge in [-0.2, -0.15) is 0 Å². The van der Waals surface area contributed by atoms with Gasteiger partial charge in [0.1, 0.15) is 0 Å². The average Bonchev–Trinajstić information content (AvgIpc) is 2.27. The Kier molecular flexibility index (Phi) is 1.07. The number of pyridine rings is 1. The van der Waals surface area contributed by atoms with Crippen molar-refractivity contribution in [1.29, 1.82) is 0 Å². The van der Waals surface area contributed by atoms with E-state index in [4.69, 9.17) is 0 Å². The molecule has 2 aromatic rings. The van der Waals surface area contributed by atoms with Crippen LogP contribution >= 0.6 is 11.3 Å². The van der Waals surface area contributed by atoms with Crippen molar-refractivity contribution in [2.75, 3.05) is 0 Å². The van der Waals surface area contributed by atoms with Crippen LogP contribution in [-0.4, -0.2) is 9.97 Å². The van der Waals surface area contributed by atoms with E-state index in [1.54, 1.807) is 6.20 Å². The van der Waals surface area contributed by atoms with Crippen molar-refractivity contribution in [3.05, 3.63) is 28.0 Å². The average molecular weight is 152 g/mol. The topological polar surface area (TPSA) is 45.8 Å². The van der Waals surface area contributed by atoms with Gasteiger partial charge in [0.15, 0.2) is 5.65 Å². The summed E-state index contributed by atoms with van der Waals surface area (Å²) in [5.74, 6) is 0. The highest BCUT2D eigenvalue weighted by atomic mass is 32.1. The third-order valence-corrected chi connectivity index (χ3v) is 2.03. The first-order chi connectivity index (χ1) is 4.86. The monoisotopic (exact) mass is 152 g/mol. The molecular weight excluding hydrogens is 148 g/mol. The second kappa shape index (κ2) is 1.91. The van der Waals surface area contributed by atoms with Crippen molar-refractivity contribution in [1.82, 2.24) is 9.97 Å². The number of hydrogen-bond donors (Lipinski definition) is 1. The standard InChI is InChI=1S/C6H4N2OS/c9-6-8-5-4(10-6)2-1-3-7-5/h1-3H,(H,7,8,9). The first-order valence-electron chi connectivity index (χ1n) is 2.80. The molecule has 0 amide bonds. The minimum atomic E-state index is -0.0475. The zero-order valence-corrected chi connectivity index (χ0v) is 5.81. The van der Waals surface area contributed by atoms with Gasteiger partial charge in [-0.3, -0.25) is 9.78 Å². The summed E-state index contributed by atoms with van der Waals surface area (Å²) < 4.78 is 0.910. The van der Waals surface area contributed by atoms with E-state index in [2.05, 4.69) is 9.97 Å². The molecule has 2 heterocycles. The number of nitrogens with one attached hydrogen (secondary N) is 1. The van der Waals surface area contributed by atoms with Crippen LogP contribution < -0.4 is 4.87 Å². The Hall–Kier alpha value is -1.16. The van der Waals surface area contributed by atoms with Gasteiger partial charge in [0.05, 0.1) is 4.70 Å². The van der Waals surface area contributed by atoms with E-state index in [0.717, 1.165) is 4.70 Å². The number of aromatic amines is 1. The highest BCUT2D eigenvalue weighted by Crippen LogP contribution is 2.08. The van der Waals surface area contributed by atoms with Gasteiger partial charge in [-0.15, -0.1) is 0 Å². The summed E-state index contributed by atoms with van der Waals surface area (Å²) in [6.07, 6.45) is 1.66. The Labute approximate surface area is 60.4 Å². The molecule has 1 N–H and O–H groups in total. The first-order valence-corrected chi connectivity index (χ1v) is 3.62. The lowest BCUT2D eigenvalue weighted by Crippen LogP contribution is -1.90. The minimum absolute atomic E-state index is 0.0475. The molecule has 0 aliphatic carbocycles. The molecule has 2 rings (SSSR count). The van der Waals surface area contributed by atoms with E-state index in [0.29, 0.717) is 5.65 Å². The summed E-state index contributed by atoms with van der Waals surface area (Å²) in [7, 11) is 0. The van der Waals surface area contributed by atoms with Crippen LogP contribution in [0.3, 0.4) is 0 Å². The van der Waals surface area contributed by atoms with Crippen LogP contribution in [0.5, 0.6) is 0 Å². The lowest BCUT2D eigenvalue weighted by atomic mass is 10.5. The second-order valence-corrected chi connectivity index (χ2v) is 2.88. The Balaban J connectivity index is 3.01. The molecule has 50 valence electrons. The number of aromatic nitrogens is 2. The predicted molar refractivity (Wildman–Crippen MR) is 40.2 cm³/mol. The van der Waals surface area contributed by atoms with Gasteiger partial charge < -0.3 is 0 Å². The Morgan fingerprint density at radius 2 is 2.50 bits per heavy atom. The van der Waals surface area contributed by atoms with E-state index >= 15 is 0 Å². The van der Waals surface area contributed by atoms with Crippen LogP contribution in [0, 0.1) is 0 Å². The minimum Gasteiger partial charge on any atom is -0.297 e. The molecular formula is C6H4N2OS. The number of fused-ring (bicyclic) bond motifs is 1. The van der Waals surface area contributed by atoms with Gasteiger partial charge in [-0.25, -0.2) is 4.98 Å². The largest absolute Gasteiger partial charge is 0.306 e. The molecule has 0 unspecified atom stereocenters. The van der Waals surface area contributed by atoms with Crippen molar-refractivity contribution in [2.45, 2.75) is 0 Å². The third kappa shape index (κ3) is 0.733. The molecule has 4 heteroatoms. The Morgan fingerprint density at radius 1 is 1.60 bits per heavy atom. The maximum Gasteiger partial charge on any atom is 0.306 e. The summed E-state index contributed by atoms with van der Waals surface area (Å²) in [5, 5.41) is 0. The number of rotatable bonds is 0. The summed E-state index contributed by atoms with van der Waals surface area (Å²) >= 11 is 1.18. The van der Waals surface area contributed by atoms with Crippen molar-refractivity contribution in [3.8, 4) is 0 Å². The van der Waals surface area contributed by atoms with Crippen molar-refractivity contribution >= 4 is 21.7 Å². The fourth-order valence-corrected chi connectivity index (χ4v) is 1.48. The number of nitrogens with zero attached hydrogens (tertiary/aromatic N) is 1. The van der Waals surface area contributed by atoms with Crippen LogP contribution in [0.2, 0.25) is 0 Å². The summed E-state index contributed by atoms with van der Waals surface area (Å²) in [5.41, 5.74) is 0.678. The quantitative estimate of drug-likeness (QED) is 0.611. The molecule has 0 saturated carbocycles. The van der Waals surface area contributed by atoms with Crippen molar-refractivity contribution in [2.24, 2.45) is 0 Å². The van der Waals surface area contributed by atoms with Gasteiger partial charge >= 0.3 is 4.87 Å². The lowest BCUT2D eigenvalue weighted by Gasteiger charge is -1.80. The summed E-state index contributed by atoms with van der Waals surface area (Å²) in [6, 6.07) is 3.68. The van der Waals surface area contributed by atoms with Gasteiger partial charge in [-0.05, 0) is 12.1 Å². The normalized spacial score (nSPS) is 10.4. The lowest BCUT2D eigenvalue weighted by molar-refractivity contribution is 1.29. The van der Waals surface area contributed by atoms with E-state index in [1.165, 1.54) is 11.3 Å². The van der Waals surface area contributed by atoms with Crippen LogP contribution in [0.15, 0.2) is 23.1 Å². The van der Waals surface area contributed by atoms with Gasteiger partial charge in [0.25, 0.3) is 0 Å². The molecule has 0 aliphatic rings. The maximum absolute atomic E-state index is 10.7. The maximum atomic E-state index is 10.7. The molecule has 0 saturated heterocycles. The molecule has 0 fully saturated rings. The Bertz CT molecular complexity index is 367. The van der Waals surface area contributed by atoms with Gasteiger partial charge in [0.2, 0.25) is 0 Å². The van der Waals surface area contributed by atoms with E-state index in [-0.39, 0.29) is 4.87 Å². The summed E-state index contributed by atoms with van der Waals surface area (Å²) in [6.45, 7) is 0. The smallest absolute Gasteiger partial charge is 0.297 e. The molecule has 3 nitrogen and oxygen atoms in total. The number of thiazole rings is 1. The molecule has 0 atom stereocenters. The van der Waals surface area contributed by atoms with Crippen LogP contribution in [0.25, 0.3) is 10.3 Å². The zero-order chi connectivity index (χ0) is 6.97. The van der Waals surface area contributed by atoms with E-state index in [9.17, 15) is 4.79 Å². The van der Waals surface area contributed by atoms with Gasteiger partial charge in [-0.1, -0.05) is 11.3 Å². The van der Waals surface area contributed by atoms with Gasteiger partial charge in [0, 0.05) is 6.20 Å². The molecule has 0 aromatic carbocycles. The highest BCUT2D eigenvalue weighted by molar-refractivity contribution is 7.16. The van der Waals surface area contributed by atoms with Crippen molar-refractivity contribution in [3.63, 3.8) is 0 Å². The Morgan fingerprint density at radius 3 is 3.30 bits per heavy atom.